The van der Waals surface area contributed by atoms with Gasteiger partial charge in [-0.25, -0.2) is 0 Å². The Kier molecular flexibility index (Phi) is 2.05. The molecule has 1 heterocycles. The highest BCUT2D eigenvalue weighted by Crippen LogP contribution is 2.36. The van der Waals surface area contributed by atoms with Crippen molar-refractivity contribution < 1.29 is 9.30 Å². The van der Waals surface area contributed by atoms with E-state index in [1.165, 1.54) is 0 Å². The lowest BCUT2D eigenvalue weighted by Gasteiger charge is -2.07. The van der Waals surface area contributed by atoms with Gasteiger partial charge in [0.05, 0.1) is 6.61 Å². The van der Waals surface area contributed by atoms with E-state index in [4.69, 9.17) is 4.74 Å². The summed E-state index contributed by atoms with van der Waals surface area (Å²) in [6.07, 6.45) is 0.256. The first-order valence-electron chi connectivity index (χ1n) is 4.34. The largest absolute Gasteiger partial charge is 0.368 e. The van der Waals surface area contributed by atoms with Crippen LogP contribution in [0, 0.1) is 0 Å². The molecule has 1 fully saturated rings. The van der Waals surface area contributed by atoms with Crippen molar-refractivity contribution in [3.8, 4) is 0 Å². The van der Waals surface area contributed by atoms with Crippen molar-refractivity contribution in [2.45, 2.75) is 6.10 Å². The van der Waals surface area contributed by atoms with Crippen LogP contribution < -0.4 is 5.30 Å². The number of rotatable bonds is 2. The molecule has 70 valence electrons. The SMILES string of the molecule is CP(C)(=O)c1cccc(C2CO2)c1. The van der Waals surface area contributed by atoms with Crippen LogP contribution in [0.1, 0.15) is 11.7 Å². The first-order valence-corrected chi connectivity index (χ1v) is 6.94. The Morgan fingerprint density at radius 1 is 1.46 bits per heavy atom. The summed E-state index contributed by atoms with van der Waals surface area (Å²) in [5, 5.41) is 0.945. The second-order valence-electron chi connectivity index (χ2n) is 3.77. The van der Waals surface area contributed by atoms with Crippen molar-refractivity contribution in [2.75, 3.05) is 19.9 Å². The maximum absolute atomic E-state index is 11.8. The molecule has 1 aromatic rings. The minimum atomic E-state index is -2.11. The van der Waals surface area contributed by atoms with Crippen LogP contribution in [0.3, 0.4) is 0 Å². The van der Waals surface area contributed by atoms with Crippen LogP contribution in [-0.4, -0.2) is 19.9 Å². The van der Waals surface area contributed by atoms with Crippen LogP contribution in [0.4, 0.5) is 0 Å². The van der Waals surface area contributed by atoms with Crippen molar-refractivity contribution in [1.82, 2.24) is 0 Å². The fourth-order valence-corrected chi connectivity index (χ4v) is 2.21. The fraction of sp³-hybridized carbons (Fsp3) is 0.400. The Morgan fingerprint density at radius 2 is 2.15 bits per heavy atom. The van der Waals surface area contributed by atoms with Gasteiger partial charge < -0.3 is 9.30 Å². The van der Waals surface area contributed by atoms with Gasteiger partial charge in [0.25, 0.3) is 0 Å². The molecule has 1 aliphatic rings. The number of epoxide rings is 1. The average Bonchev–Trinajstić information content (AvgIpc) is 2.85. The quantitative estimate of drug-likeness (QED) is 0.535. The Balaban J connectivity index is 2.37. The standard InChI is InChI=1S/C10H13O2P/c1-13(2,11)9-5-3-4-8(6-9)10-7-12-10/h3-6,10H,7H2,1-2H3. The van der Waals surface area contributed by atoms with Crippen LogP contribution in [0.5, 0.6) is 0 Å². The highest BCUT2D eigenvalue weighted by molar-refractivity contribution is 7.70. The number of ether oxygens (including phenoxy) is 1. The van der Waals surface area contributed by atoms with Crippen molar-refractivity contribution >= 4 is 12.4 Å². The molecule has 0 saturated carbocycles. The smallest absolute Gasteiger partial charge is 0.109 e. The Bertz CT molecular complexity index is 363. The van der Waals surface area contributed by atoms with Gasteiger partial charge in [-0.15, -0.1) is 0 Å². The van der Waals surface area contributed by atoms with Gasteiger partial charge in [0.15, 0.2) is 0 Å². The highest BCUT2D eigenvalue weighted by Gasteiger charge is 2.25. The summed E-state index contributed by atoms with van der Waals surface area (Å²) in [4.78, 5) is 0. The average molecular weight is 196 g/mol. The molecule has 1 aromatic carbocycles. The molecule has 1 aliphatic heterocycles. The highest BCUT2D eigenvalue weighted by atomic mass is 31.2. The summed E-state index contributed by atoms with van der Waals surface area (Å²) >= 11 is 0. The normalized spacial score (nSPS) is 21.5. The molecular weight excluding hydrogens is 183 g/mol. The Morgan fingerprint density at radius 3 is 2.69 bits per heavy atom. The van der Waals surface area contributed by atoms with Crippen molar-refractivity contribution in [1.29, 1.82) is 0 Å². The summed E-state index contributed by atoms with van der Waals surface area (Å²) < 4.78 is 16.9. The van der Waals surface area contributed by atoms with Crippen LogP contribution in [0.15, 0.2) is 24.3 Å². The lowest BCUT2D eigenvalue weighted by atomic mass is 10.2. The summed E-state index contributed by atoms with van der Waals surface area (Å²) in [5.41, 5.74) is 1.15. The zero-order chi connectivity index (χ0) is 9.47. The van der Waals surface area contributed by atoms with Crippen molar-refractivity contribution in [3.63, 3.8) is 0 Å². The van der Waals surface area contributed by atoms with Crippen LogP contribution >= 0.6 is 7.14 Å². The van der Waals surface area contributed by atoms with E-state index in [1.54, 1.807) is 13.3 Å². The molecule has 2 rings (SSSR count). The second kappa shape index (κ2) is 2.97. The summed E-state index contributed by atoms with van der Waals surface area (Å²) in [6.45, 7) is 4.39. The molecule has 0 bridgehead atoms. The lowest BCUT2D eigenvalue weighted by molar-refractivity contribution is 0.416. The first-order chi connectivity index (χ1) is 6.07. The molecule has 0 amide bonds. The molecule has 13 heavy (non-hydrogen) atoms. The lowest BCUT2D eigenvalue weighted by Crippen LogP contribution is -2.03. The van der Waals surface area contributed by atoms with E-state index < -0.39 is 7.14 Å². The maximum Gasteiger partial charge on any atom is 0.109 e. The molecule has 1 unspecified atom stereocenters. The second-order valence-corrected chi connectivity index (χ2v) is 6.99. The zero-order valence-electron chi connectivity index (χ0n) is 7.86. The summed E-state index contributed by atoms with van der Waals surface area (Å²) in [5.74, 6) is 0. The van der Waals surface area contributed by atoms with Crippen molar-refractivity contribution in [2.24, 2.45) is 0 Å². The van der Waals surface area contributed by atoms with Crippen molar-refractivity contribution in [3.05, 3.63) is 29.8 Å². The third-order valence-corrected chi connectivity index (χ3v) is 3.72. The predicted octanol–water partition coefficient (Wildman–Crippen LogP) is 2.01. The van der Waals surface area contributed by atoms with Gasteiger partial charge in [-0.1, -0.05) is 18.2 Å². The molecular formula is C10H13O2P. The van der Waals surface area contributed by atoms with Gasteiger partial charge in [-0.3, -0.25) is 0 Å². The molecule has 0 spiro atoms. The molecule has 0 N–H and O–H groups in total. The van der Waals surface area contributed by atoms with Gasteiger partial charge in [0.1, 0.15) is 13.2 Å². The summed E-state index contributed by atoms with van der Waals surface area (Å²) in [7, 11) is -2.11. The van der Waals surface area contributed by atoms with E-state index in [1.807, 2.05) is 24.3 Å². The van der Waals surface area contributed by atoms with Crippen LogP contribution in [-0.2, 0) is 9.30 Å². The van der Waals surface area contributed by atoms with E-state index in [2.05, 4.69) is 0 Å². The van der Waals surface area contributed by atoms with Gasteiger partial charge in [-0.2, -0.15) is 0 Å². The number of hydrogen-bond acceptors (Lipinski definition) is 2. The minimum absolute atomic E-state index is 0.256. The predicted molar refractivity (Wildman–Crippen MR) is 54.2 cm³/mol. The van der Waals surface area contributed by atoms with E-state index in [9.17, 15) is 4.57 Å². The minimum Gasteiger partial charge on any atom is -0.368 e. The summed E-state index contributed by atoms with van der Waals surface area (Å²) in [6, 6.07) is 7.90. The molecule has 1 saturated heterocycles. The van der Waals surface area contributed by atoms with E-state index in [-0.39, 0.29) is 6.10 Å². The number of hydrogen-bond donors (Lipinski definition) is 0. The Hall–Kier alpha value is -0.590. The topological polar surface area (TPSA) is 29.6 Å². The van der Waals surface area contributed by atoms with Gasteiger partial charge in [-0.05, 0) is 25.0 Å². The molecule has 0 aromatic heterocycles. The maximum atomic E-state index is 11.8. The molecule has 0 aliphatic carbocycles. The molecule has 3 heteroatoms. The molecule has 0 radical (unpaired) electrons. The third kappa shape index (κ3) is 2.01. The van der Waals surface area contributed by atoms with Crippen LogP contribution in [0.25, 0.3) is 0 Å². The van der Waals surface area contributed by atoms with Crippen LogP contribution in [0.2, 0.25) is 0 Å². The zero-order valence-corrected chi connectivity index (χ0v) is 8.75. The number of benzene rings is 1. The third-order valence-electron chi connectivity index (χ3n) is 2.20. The van der Waals surface area contributed by atoms with E-state index >= 15 is 0 Å². The first kappa shape index (κ1) is 8.98. The van der Waals surface area contributed by atoms with Gasteiger partial charge >= 0.3 is 0 Å². The van der Waals surface area contributed by atoms with Gasteiger partial charge in [0, 0.05) is 5.30 Å². The van der Waals surface area contributed by atoms with Gasteiger partial charge in [0.2, 0.25) is 0 Å². The molecule has 2 nitrogen and oxygen atoms in total. The monoisotopic (exact) mass is 196 g/mol. The molecule has 1 atom stereocenters. The van der Waals surface area contributed by atoms with E-state index in [0.29, 0.717) is 0 Å². The van der Waals surface area contributed by atoms with E-state index in [0.717, 1.165) is 17.5 Å². The Labute approximate surface area is 78.3 Å². The fourth-order valence-electron chi connectivity index (χ4n) is 1.30.